The molecule has 6 nitrogen and oxygen atoms in total. The minimum Gasteiger partial charge on any atom is -0.489 e. The zero-order chi connectivity index (χ0) is 16.6. The Hall–Kier alpha value is -2.60. The van der Waals surface area contributed by atoms with Gasteiger partial charge in [-0.25, -0.2) is 4.98 Å². The van der Waals surface area contributed by atoms with Crippen LogP contribution in [0.3, 0.4) is 0 Å². The van der Waals surface area contributed by atoms with Crippen LogP contribution in [0.15, 0.2) is 55.1 Å². The Morgan fingerprint density at radius 3 is 2.84 bits per heavy atom. The number of nitrogens with zero attached hydrogens (tertiary/aromatic N) is 4. The number of pyridine rings is 1. The van der Waals surface area contributed by atoms with Crippen molar-refractivity contribution in [2.24, 2.45) is 0 Å². The Kier molecular flexibility index (Phi) is 7.22. The fraction of sp³-hybridized carbons (Fsp3) is 0.278. The molecule has 0 unspecified atom stereocenters. The van der Waals surface area contributed by atoms with Gasteiger partial charge >= 0.3 is 0 Å². The molecule has 7 heteroatoms. The van der Waals surface area contributed by atoms with E-state index in [1.54, 1.807) is 12.5 Å². The largest absolute Gasteiger partial charge is 0.489 e. The average molecular weight is 360 g/mol. The van der Waals surface area contributed by atoms with Gasteiger partial charge in [0, 0.05) is 31.0 Å². The van der Waals surface area contributed by atoms with Crippen LogP contribution in [0.4, 0.5) is 5.95 Å². The first-order valence-corrected chi connectivity index (χ1v) is 8.07. The number of hydrogen-bond acceptors (Lipinski definition) is 5. The molecule has 0 amide bonds. The molecule has 25 heavy (non-hydrogen) atoms. The molecule has 0 saturated carbocycles. The fourth-order valence-corrected chi connectivity index (χ4v) is 2.29. The lowest BCUT2D eigenvalue weighted by molar-refractivity contribution is 0.305. The summed E-state index contributed by atoms with van der Waals surface area (Å²) in [5.41, 5.74) is 2.16. The molecule has 0 atom stereocenters. The van der Waals surface area contributed by atoms with E-state index in [0.717, 1.165) is 29.8 Å². The second-order valence-electron chi connectivity index (χ2n) is 5.48. The SMILES string of the molecule is CCCn1cnc(NCc2cccc(OCc3cccnc3)c2)n1.Cl. The Labute approximate surface area is 153 Å². The van der Waals surface area contributed by atoms with Gasteiger partial charge in [-0.15, -0.1) is 17.5 Å². The van der Waals surface area contributed by atoms with Gasteiger partial charge in [0.2, 0.25) is 5.95 Å². The van der Waals surface area contributed by atoms with Gasteiger partial charge in [0.25, 0.3) is 0 Å². The maximum Gasteiger partial charge on any atom is 0.242 e. The van der Waals surface area contributed by atoms with Gasteiger partial charge in [-0.2, -0.15) is 0 Å². The van der Waals surface area contributed by atoms with E-state index >= 15 is 0 Å². The van der Waals surface area contributed by atoms with E-state index in [4.69, 9.17) is 4.74 Å². The van der Waals surface area contributed by atoms with Crippen LogP contribution in [0.5, 0.6) is 5.75 Å². The van der Waals surface area contributed by atoms with Crippen LogP contribution in [0.2, 0.25) is 0 Å². The van der Waals surface area contributed by atoms with Gasteiger partial charge < -0.3 is 10.1 Å². The highest BCUT2D eigenvalue weighted by atomic mass is 35.5. The van der Waals surface area contributed by atoms with Gasteiger partial charge in [-0.05, 0) is 30.2 Å². The van der Waals surface area contributed by atoms with Crippen molar-refractivity contribution < 1.29 is 4.74 Å². The Bertz CT molecular complexity index is 763. The van der Waals surface area contributed by atoms with Gasteiger partial charge in [0.1, 0.15) is 18.7 Å². The molecule has 0 aliphatic heterocycles. The zero-order valence-electron chi connectivity index (χ0n) is 14.1. The number of halogens is 1. The number of ether oxygens (including phenoxy) is 1. The summed E-state index contributed by atoms with van der Waals surface area (Å²) in [6, 6.07) is 11.9. The summed E-state index contributed by atoms with van der Waals surface area (Å²) in [6.07, 6.45) is 6.35. The molecule has 132 valence electrons. The van der Waals surface area contributed by atoms with E-state index in [1.165, 1.54) is 0 Å². The lowest BCUT2D eigenvalue weighted by atomic mass is 10.2. The van der Waals surface area contributed by atoms with Crippen LogP contribution >= 0.6 is 12.4 Å². The van der Waals surface area contributed by atoms with Crippen LogP contribution < -0.4 is 10.1 Å². The smallest absolute Gasteiger partial charge is 0.242 e. The highest BCUT2D eigenvalue weighted by Crippen LogP contribution is 2.15. The Morgan fingerprint density at radius 1 is 1.16 bits per heavy atom. The third kappa shape index (κ3) is 5.76. The van der Waals surface area contributed by atoms with Crippen molar-refractivity contribution in [1.82, 2.24) is 19.7 Å². The quantitative estimate of drug-likeness (QED) is 0.664. The number of hydrogen-bond donors (Lipinski definition) is 1. The molecule has 0 fully saturated rings. The second kappa shape index (κ2) is 9.64. The van der Waals surface area contributed by atoms with Gasteiger partial charge in [0.05, 0.1) is 0 Å². The van der Waals surface area contributed by atoms with Crippen molar-refractivity contribution >= 4 is 18.4 Å². The van der Waals surface area contributed by atoms with Crippen LogP contribution in [-0.2, 0) is 19.7 Å². The van der Waals surface area contributed by atoms with Crippen molar-refractivity contribution in [1.29, 1.82) is 0 Å². The summed E-state index contributed by atoms with van der Waals surface area (Å²) in [7, 11) is 0. The average Bonchev–Trinajstić information content (AvgIpc) is 3.07. The third-order valence-electron chi connectivity index (χ3n) is 3.47. The van der Waals surface area contributed by atoms with E-state index in [9.17, 15) is 0 Å². The summed E-state index contributed by atoms with van der Waals surface area (Å²) >= 11 is 0. The van der Waals surface area contributed by atoms with Gasteiger partial charge in [0.15, 0.2) is 0 Å². The van der Waals surface area contributed by atoms with E-state index in [2.05, 4.69) is 27.3 Å². The first-order valence-electron chi connectivity index (χ1n) is 8.07. The minimum atomic E-state index is 0. The molecule has 0 radical (unpaired) electrons. The van der Waals surface area contributed by atoms with Crippen LogP contribution in [-0.4, -0.2) is 19.7 Å². The lowest BCUT2D eigenvalue weighted by Gasteiger charge is -2.08. The molecular formula is C18H22ClN5O. The number of nitrogens with one attached hydrogen (secondary N) is 1. The van der Waals surface area contributed by atoms with Crippen molar-refractivity contribution in [2.45, 2.75) is 33.0 Å². The maximum absolute atomic E-state index is 5.82. The predicted octanol–water partition coefficient (Wildman–Crippen LogP) is 3.70. The summed E-state index contributed by atoms with van der Waals surface area (Å²) < 4.78 is 7.66. The molecule has 2 heterocycles. The standard InChI is InChI=1S/C18H21N5O.ClH/c1-2-9-23-14-21-18(22-23)20-12-15-5-3-7-17(10-15)24-13-16-6-4-8-19-11-16;/h3-8,10-11,14H,2,9,12-13H2,1H3,(H,20,22);1H. The first kappa shape index (κ1) is 18.7. The molecule has 3 rings (SSSR count). The number of aryl methyl sites for hydroxylation is 1. The normalized spacial score (nSPS) is 10.1. The van der Waals surface area contributed by atoms with Crippen molar-refractivity contribution in [3.63, 3.8) is 0 Å². The third-order valence-corrected chi connectivity index (χ3v) is 3.47. The van der Waals surface area contributed by atoms with E-state index in [1.807, 2.05) is 47.3 Å². The highest BCUT2D eigenvalue weighted by Gasteiger charge is 2.02. The number of benzene rings is 1. The molecule has 2 aromatic heterocycles. The van der Waals surface area contributed by atoms with E-state index in [-0.39, 0.29) is 12.4 Å². The van der Waals surface area contributed by atoms with Crippen molar-refractivity contribution in [2.75, 3.05) is 5.32 Å². The zero-order valence-corrected chi connectivity index (χ0v) is 14.9. The maximum atomic E-state index is 5.82. The molecule has 0 bridgehead atoms. The van der Waals surface area contributed by atoms with Crippen molar-refractivity contribution in [3.8, 4) is 5.75 Å². The van der Waals surface area contributed by atoms with Crippen LogP contribution in [0.1, 0.15) is 24.5 Å². The monoisotopic (exact) mass is 359 g/mol. The summed E-state index contributed by atoms with van der Waals surface area (Å²) in [5.74, 6) is 1.48. The van der Waals surface area contributed by atoms with Crippen molar-refractivity contribution in [3.05, 3.63) is 66.2 Å². The molecule has 1 aromatic carbocycles. The predicted molar refractivity (Wildman–Crippen MR) is 99.9 cm³/mol. The van der Waals surface area contributed by atoms with E-state index < -0.39 is 0 Å². The van der Waals surface area contributed by atoms with Crippen LogP contribution in [0.25, 0.3) is 0 Å². The molecule has 1 N–H and O–H groups in total. The summed E-state index contributed by atoms with van der Waals surface area (Å²) in [6.45, 7) is 4.16. The number of anilines is 1. The molecule has 0 aliphatic carbocycles. The summed E-state index contributed by atoms with van der Waals surface area (Å²) in [4.78, 5) is 8.34. The van der Waals surface area contributed by atoms with E-state index in [0.29, 0.717) is 19.1 Å². The molecule has 0 spiro atoms. The first-order chi connectivity index (χ1) is 11.8. The molecule has 3 aromatic rings. The second-order valence-corrected chi connectivity index (χ2v) is 5.48. The van der Waals surface area contributed by atoms with Gasteiger partial charge in [-0.1, -0.05) is 25.1 Å². The topological polar surface area (TPSA) is 64.9 Å². The van der Waals surface area contributed by atoms with Gasteiger partial charge in [-0.3, -0.25) is 9.67 Å². The molecule has 0 saturated heterocycles. The fourth-order valence-electron chi connectivity index (χ4n) is 2.29. The number of rotatable bonds is 8. The molecular weight excluding hydrogens is 338 g/mol. The lowest BCUT2D eigenvalue weighted by Crippen LogP contribution is -2.03. The number of aromatic nitrogens is 4. The minimum absolute atomic E-state index is 0. The highest BCUT2D eigenvalue weighted by molar-refractivity contribution is 5.85. The molecule has 0 aliphatic rings. The van der Waals surface area contributed by atoms with Crippen LogP contribution in [0, 0.1) is 0 Å². The summed E-state index contributed by atoms with van der Waals surface area (Å²) in [5, 5.41) is 7.60. The Morgan fingerprint density at radius 2 is 2.04 bits per heavy atom. The Balaban J connectivity index is 0.00000225.